The fourth-order valence-electron chi connectivity index (χ4n) is 5.94. The predicted molar refractivity (Wildman–Crippen MR) is 220 cm³/mol. The van der Waals surface area contributed by atoms with Crippen LogP contribution in [0.25, 0.3) is 0 Å². The highest BCUT2D eigenvalue weighted by Gasteiger charge is 2.42. The van der Waals surface area contributed by atoms with Gasteiger partial charge in [-0.3, -0.25) is 19.4 Å². The first-order chi connectivity index (χ1) is 24.9. The Morgan fingerprint density at radius 1 is 0.667 bits per heavy atom. The van der Waals surface area contributed by atoms with Crippen molar-refractivity contribution in [3.05, 3.63) is 59.7 Å². The third-order valence-corrected chi connectivity index (χ3v) is 20.5. The average Bonchev–Trinajstić information content (AvgIpc) is 3.65. The molecule has 2 fully saturated rings. The molecule has 0 bridgehead atoms. The molecule has 0 unspecified atom stereocenters. The van der Waals surface area contributed by atoms with Crippen molar-refractivity contribution in [3.63, 3.8) is 0 Å². The molecule has 298 valence electrons. The molecule has 4 rings (SSSR count). The fraction of sp³-hybridized carbons (Fsp3) is 0.550. The number of rotatable bonds is 13. The van der Waals surface area contributed by atoms with Crippen LogP contribution in [-0.4, -0.2) is 90.9 Å². The number of nitrogen functional groups attached to an aromatic ring is 2. The van der Waals surface area contributed by atoms with Gasteiger partial charge in [0, 0.05) is 36.6 Å². The molecule has 14 heteroatoms. The van der Waals surface area contributed by atoms with Gasteiger partial charge in [-0.2, -0.15) is 0 Å². The van der Waals surface area contributed by atoms with Gasteiger partial charge < -0.3 is 39.6 Å². The van der Waals surface area contributed by atoms with Gasteiger partial charge >= 0.3 is 0 Å². The van der Waals surface area contributed by atoms with Gasteiger partial charge in [0.15, 0.2) is 28.1 Å². The molecule has 4 N–H and O–H groups in total. The van der Waals surface area contributed by atoms with Gasteiger partial charge in [-0.05, 0) is 61.2 Å². The van der Waals surface area contributed by atoms with Crippen LogP contribution in [0.1, 0.15) is 75.1 Å². The summed E-state index contributed by atoms with van der Waals surface area (Å²) in [5.74, 6) is 0.168. The molecular weight excluding hydrogens is 721 g/mol. The number of carbonyl (C=O) groups excluding carboxylic acids is 2. The van der Waals surface area contributed by atoms with E-state index in [1.54, 1.807) is 9.80 Å². The number of likely N-dealkylation sites (tertiary alicyclic amines) is 2. The summed E-state index contributed by atoms with van der Waals surface area (Å²) in [6, 6.07) is 5.68. The molecule has 0 aliphatic carbocycles. The van der Waals surface area contributed by atoms with Gasteiger partial charge in [0.2, 0.25) is 11.5 Å². The Kier molecular flexibility index (Phi) is 12.7. The van der Waals surface area contributed by atoms with Crippen LogP contribution in [0.15, 0.2) is 48.6 Å². The lowest BCUT2D eigenvalue weighted by Gasteiger charge is -2.38. The third kappa shape index (κ3) is 9.27. The summed E-state index contributed by atoms with van der Waals surface area (Å²) in [5.41, 5.74) is 15.7. The van der Waals surface area contributed by atoms with E-state index in [2.05, 4.69) is 80.9 Å². The van der Waals surface area contributed by atoms with E-state index in [1.165, 1.54) is 38.5 Å². The molecule has 2 aliphatic heterocycles. The maximum absolute atomic E-state index is 13.9. The zero-order valence-corrected chi connectivity index (χ0v) is 36.4. The number of benzene rings is 2. The lowest BCUT2D eigenvalue weighted by molar-refractivity contribution is -0.103. The summed E-state index contributed by atoms with van der Waals surface area (Å²) < 4.78 is 24.2. The molecule has 2 aromatic rings. The lowest BCUT2D eigenvalue weighted by atomic mass is 10.1. The average molecular weight is 783 g/mol. The lowest BCUT2D eigenvalue weighted by Crippen LogP contribution is -2.46. The maximum Gasteiger partial charge on any atom is 0.256 e. The standard InChI is InChI=1S/C40H62N4O8Si2/c1-25-15-27(23-49-53(11,12)39(3,4)5)43(21-25)37(45)29-17-33(47-9)35(19-31(29)41)51-52-36-20-32(42)30(18-34(36)48-10)38(46)44-22-26(2)16-28(44)24-50-54(13,14)40(6,7)8/h17-20,27-28H,1-2,15-16,21-24,41-42H2,3-14H3/t27-,28-/m0/s1. The van der Waals surface area contributed by atoms with Gasteiger partial charge in [0.05, 0.1) is 50.6 Å². The molecule has 2 amide bonds. The van der Waals surface area contributed by atoms with E-state index in [-0.39, 0.29) is 79.5 Å². The van der Waals surface area contributed by atoms with Crippen molar-refractivity contribution in [2.24, 2.45) is 0 Å². The smallest absolute Gasteiger partial charge is 0.256 e. The SMILES string of the molecule is C=C1C[C@@H](CO[Si](C)(C)C(C)(C)C)N(C(=O)c2cc(OC)c(OOc3cc(N)c(C(=O)N4CC(=C)C[C@H]4CO[Si](C)(C)C(C)(C)C)cc3OC)cc2N)C1. The van der Waals surface area contributed by atoms with Crippen LogP contribution in [-0.2, 0) is 8.85 Å². The number of anilines is 2. The number of methoxy groups -OCH3 is 2. The van der Waals surface area contributed by atoms with E-state index in [9.17, 15) is 9.59 Å². The first-order valence-corrected chi connectivity index (χ1v) is 24.2. The Bertz CT molecular complexity index is 1640. The van der Waals surface area contributed by atoms with Crippen LogP contribution in [0, 0.1) is 0 Å². The summed E-state index contributed by atoms with van der Waals surface area (Å²) >= 11 is 0. The first-order valence-electron chi connectivity index (χ1n) is 18.4. The van der Waals surface area contributed by atoms with Crippen molar-refractivity contribution in [1.29, 1.82) is 0 Å². The molecule has 0 saturated carbocycles. The molecule has 2 aromatic carbocycles. The molecule has 0 spiro atoms. The van der Waals surface area contributed by atoms with E-state index >= 15 is 0 Å². The second kappa shape index (κ2) is 16.0. The minimum absolute atomic E-state index is 0.0376. The van der Waals surface area contributed by atoms with Gasteiger partial charge in [-0.15, -0.1) is 0 Å². The van der Waals surface area contributed by atoms with Crippen molar-refractivity contribution < 1.29 is 37.7 Å². The molecule has 54 heavy (non-hydrogen) atoms. The van der Waals surface area contributed by atoms with Crippen molar-refractivity contribution >= 4 is 39.8 Å². The molecule has 0 radical (unpaired) electrons. The molecule has 2 heterocycles. The Balaban J connectivity index is 1.51. The van der Waals surface area contributed by atoms with Crippen molar-refractivity contribution in [2.75, 3.05) is 52.0 Å². The van der Waals surface area contributed by atoms with E-state index in [0.717, 1.165) is 11.1 Å². The highest BCUT2D eigenvalue weighted by atomic mass is 28.4. The van der Waals surface area contributed by atoms with Crippen molar-refractivity contribution in [1.82, 2.24) is 9.80 Å². The van der Waals surface area contributed by atoms with Crippen LogP contribution < -0.4 is 30.7 Å². The second-order valence-corrected chi connectivity index (χ2v) is 27.2. The van der Waals surface area contributed by atoms with Gasteiger partial charge in [0.25, 0.3) is 11.8 Å². The van der Waals surface area contributed by atoms with E-state index < -0.39 is 16.6 Å². The van der Waals surface area contributed by atoms with Gasteiger partial charge in [-0.1, -0.05) is 65.8 Å². The summed E-state index contributed by atoms with van der Waals surface area (Å²) in [6.07, 6.45) is 1.31. The highest BCUT2D eigenvalue weighted by molar-refractivity contribution is 6.74. The van der Waals surface area contributed by atoms with E-state index in [4.69, 9.17) is 39.6 Å². The Hall–Kier alpha value is -3.99. The molecule has 0 aromatic heterocycles. The third-order valence-electron chi connectivity index (χ3n) is 11.5. The van der Waals surface area contributed by atoms with Crippen LogP contribution in [0.4, 0.5) is 11.4 Å². The van der Waals surface area contributed by atoms with Gasteiger partial charge in [0.1, 0.15) is 0 Å². The number of nitrogens with two attached hydrogens (primary N) is 2. The quantitative estimate of drug-likeness (QED) is 0.0678. The maximum atomic E-state index is 13.9. The minimum atomic E-state index is -2.04. The second-order valence-electron chi connectivity index (χ2n) is 17.6. The Morgan fingerprint density at radius 2 is 1.00 bits per heavy atom. The summed E-state index contributed by atoms with van der Waals surface area (Å²) in [6.45, 7) is 31.9. The molecular formula is C40H62N4O8Si2. The number of hydrogen-bond donors (Lipinski definition) is 2. The Morgan fingerprint density at radius 3 is 1.30 bits per heavy atom. The van der Waals surface area contributed by atoms with Crippen molar-refractivity contribution in [2.45, 2.75) is 103 Å². The fourth-order valence-corrected chi connectivity index (χ4v) is 8.03. The number of carbonyl (C=O) groups is 2. The largest absolute Gasteiger partial charge is 0.493 e. The highest BCUT2D eigenvalue weighted by Crippen LogP contribution is 2.41. The molecule has 12 nitrogen and oxygen atoms in total. The zero-order valence-electron chi connectivity index (χ0n) is 34.4. The van der Waals surface area contributed by atoms with Crippen LogP contribution in [0.2, 0.25) is 36.3 Å². The van der Waals surface area contributed by atoms with Crippen LogP contribution in [0.5, 0.6) is 23.0 Å². The van der Waals surface area contributed by atoms with Crippen LogP contribution in [0.3, 0.4) is 0 Å². The van der Waals surface area contributed by atoms with E-state index in [1.807, 2.05) is 0 Å². The molecule has 2 saturated heterocycles. The number of amides is 2. The van der Waals surface area contributed by atoms with Crippen LogP contribution >= 0.6 is 0 Å². The Labute approximate surface area is 323 Å². The summed E-state index contributed by atoms with van der Waals surface area (Å²) in [5, 5.41) is 0.0752. The minimum Gasteiger partial charge on any atom is -0.493 e. The molecule has 2 atom stereocenters. The summed E-state index contributed by atoms with van der Waals surface area (Å²) in [7, 11) is -1.17. The normalized spacial score (nSPS) is 18.3. The number of nitrogens with zero attached hydrogens (tertiary/aromatic N) is 2. The van der Waals surface area contributed by atoms with Gasteiger partial charge in [-0.25, -0.2) is 0 Å². The number of hydrogen-bond acceptors (Lipinski definition) is 10. The molecule has 2 aliphatic rings. The monoisotopic (exact) mass is 782 g/mol. The summed E-state index contributed by atoms with van der Waals surface area (Å²) in [4.78, 5) is 42.8. The van der Waals surface area contributed by atoms with E-state index in [0.29, 0.717) is 39.1 Å². The van der Waals surface area contributed by atoms with Crippen molar-refractivity contribution in [3.8, 4) is 23.0 Å². The first kappa shape index (κ1) is 42.8. The zero-order chi connectivity index (χ0) is 40.6. The predicted octanol–water partition coefficient (Wildman–Crippen LogP) is 7.83. The number of ether oxygens (including phenoxy) is 2. The topological polar surface area (TPSA) is 148 Å².